The summed E-state index contributed by atoms with van der Waals surface area (Å²) in [5, 5.41) is 2.97. The lowest BCUT2D eigenvalue weighted by atomic mass is 9.87. The minimum Gasteiger partial charge on any atom is -0.366 e. The van der Waals surface area contributed by atoms with Crippen molar-refractivity contribution < 1.29 is 19.1 Å². The van der Waals surface area contributed by atoms with Gasteiger partial charge >= 0.3 is 0 Å². The number of hydrogen-bond donors (Lipinski definition) is 2. The number of nitrogens with zero attached hydrogens (tertiary/aromatic N) is 2. The number of ketones is 1. The van der Waals surface area contributed by atoms with E-state index in [4.69, 9.17) is 10.5 Å². The van der Waals surface area contributed by atoms with Gasteiger partial charge in [-0.3, -0.25) is 14.4 Å². The van der Waals surface area contributed by atoms with E-state index in [0.29, 0.717) is 17.9 Å². The number of hydrogen-bond acceptors (Lipinski definition) is 6. The Morgan fingerprint density at radius 3 is 2.44 bits per heavy atom. The molecule has 0 spiro atoms. The van der Waals surface area contributed by atoms with Crippen LogP contribution >= 0.6 is 0 Å². The Morgan fingerprint density at radius 1 is 1.17 bits per heavy atom. The second kappa shape index (κ2) is 11.0. The number of carbonyl (C=O) groups is 3. The van der Waals surface area contributed by atoms with Crippen LogP contribution in [0, 0.1) is 5.41 Å². The molecule has 0 radical (unpaired) electrons. The lowest BCUT2D eigenvalue weighted by Crippen LogP contribution is -2.53. The lowest BCUT2D eigenvalue weighted by Gasteiger charge is -2.32. The van der Waals surface area contributed by atoms with E-state index in [1.165, 1.54) is 16.9 Å². The third-order valence-corrected chi connectivity index (χ3v) is 7.70. The first-order valence-electron chi connectivity index (χ1n) is 13.4. The van der Waals surface area contributed by atoms with Gasteiger partial charge in [-0.05, 0) is 74.3 Å². The van der Waals surface area contributed by atoms with E-state index in [1.54, 1.807) is 0 Å². The molecule has 0 saturated carbocycles. The van der Waals surface area contributed by atoms with Gasteiger partial charge in [-0.2, -0.15) is 0 Å². The normalized spacial score (nSPS) is 26.2. The van der Waals surface area contributed by atoms with Crippen LogP contribution in [0.4, 0.5) is 0 Å². The summed E-state index contributed by atoms with van der Waals surface area (Å²) in [5.74, 6) is -0.159. The van der Waals surface area contributed by atoms with Crippen molar-refractivity contribution in [2.45, 2.75) is 83.5 Å². The molecule has 36 heavy (non-hydrogen) atoms. The summed E-state index contributed by atoms with van der Waals surface area (Å²) < 4.78 is 5.53. The first-order valence-corrected chi connectivity index (χ1v) is 13.4. The molecule has 4 atom stereocenters. The molecule has 3 aliphatic rings. The van der Waals surface area contributed by atoms with Crippen molar-refractivity contribution in [2.75, 3.05) is 32.8 Å². The number of rotatable bonds is 7. The number of fused-ring (bicyclic) bond motifs is 1. The van der Waals surface area contributed by atoms with E-state index in [9.17, 15) is 14.4 Å². The molecule has 0 aromatic heterocycles. The Balaban J connectivity index is 1.43. The zero-order valence-electron chi connectivity index (χ0n) is 22.2. The van der Waals surface area contributed by atoms with Crippen molar-refractivity contribution in [3.05, 3.63) is 35.4 Å². The number of carbonyl (C=O) groups excluding carboxylic acids is 3. The average Bonchev–Trinajstić information content (AvgIpc) is 3.38. The van der Waals surface area contributed by atoms with Crippen molar-refractivity contribution in [3.8, 4) is 0 Å². The fraction of sp³-hybridized carbons (Fsp3) is 0.679. The zero-order valence-corrected chi connectivity index (χ0v) is 22.2. The first kappa shape index (κ1) is 26.8. The van der Waals surface area contributed by atoms with E-state index in [2.05, 4.69) is 17.1 Å². The SMILES string of the molecule is CCCN1CCC(c2ccc(C(=O)NC(CC(C)(C)C)C(=O)N3C[C@@H](N)[C@H]4OCC(=O)[C@H]43)cc2)CC1. The Labute approximate surface area is 214 Å². The molecule has 3 fully saturated rings. The summed E-state index contributed by atoms with van der Waals surface area (Å²) in [6.07, 6.45) is 3.44. The summed E-state index contributed by atoms with van der Waals surface area (Å²) in [6, 6.07) is 6.00. The number of nitrogens with two attached hydrogens (primary N) is 1. The van der Waals surface area contributed by atoms with Gasteiger partial charge < -0.3 is 25.6 Å². The van der Waals surface area contributed by atoms with Crippen LogP contribution in [-0.4, -0.2) is 84.4 Å². The van der Waals surface area contributed by atoms with E-state index >= 15 is 0 Å². The molecule has 4 rings (SSSR count). The number of ether oxygens (including phenoxy) is 1. The van der Waals surface area contributed by atoms with Crippen molar-refractivity contribution in [1.82, 2.24) is 15.1 Å². The fourth-order valence-electron chi connectivity index (χ4n) is 5.89. The third-order valence-electron chi connectivity index (χ3n) is 7.70. The third kappa shape index (κ3) is 5.98. The summed E-state index contributed by atoms with van der Waals surface area (Å²) in [5.41, 5.74) is 7.76. The minimum atomic E-state index is -0.751. The summed E-state index contributed by atoms with van der Waals surface area (Å²) in [6.45, 7) is 11.9. The number of Topliss-reactive ketones (excluding diaryl/α,β-unsaturated/α-hetero) is 1. The van der Waals surface area contributed by atoms with Gasteiger partial charge in [0.1, 0.15) is 24.8 Å². The molecule has 8 heteroatoms. The predicted molar refractivity (Wildman–Crippen MR) is 139 cm³/mol. The van der Waals surface area contributed by atoms with Gasteiger partial charge in [-0.15, -0.1) is 0 Å². The van der Waals surface area contributed by atoms with E-state index in [0.717, 1.165) is 32.5 Å². The van der Waals surface area contributed by atoms with Gasteiger partial charge in [-0.25, -0.2) is 0 Å². The number of piperidine rings is 1. The highest BCUT2D eigenvalue weighted by molar-refractivity contribution is 5.99. The monoisotopic (exact) mass is 498 g/mol. The van der Waals surface area contributed by atoms with Gasteiger partial charge in [0.15, 0.2) is 5.78 Å². The molecule has 8 nitrogen and oxygen atoms in total. The Bertz CT molecular complexity index is 949. The molecule has 0 bridgehead atoms. The predicted octanol–water partition coefficient (Wildman–Crippen LogP) is 2.32. The number of likely N-dealkylation sites (tertiary alicyclic amines) is 2. The highest BCUT2D eigenvalue weighted by atomic mass is 16.5. The van der Waals surface area contributed by atoms with Crippen LogP contribution in [0.5, 0.6) is 0 Å². The topological polar surface area (TPSA) is 105 Å². The average molecular weight is 499 g/mol. The molecule has 3 heterocycles. The van der Waals surface area contributed by atoms with Gasteiger partial charge in [0.05, 0.1) is 6.04 Å². The largest absolute Gasteiger partial charge is 0.366 e. The molecule has 1 aromatic carbocycles. The molecule has 1 unspecified atom stereocenters. The molecule has 198 valence electrons. The molecule has 3 saturated heterocycles. The Hall–Kier alpha value is -2.29. The van der Waals surface area contributed by atoms with Crippen LogP contribution in [0.3, 0.4) is 0 Å². The standard InChI is InChI=1S/C28H42N4O4/c1-5-12-31-13-10-19(11-14-31)18-6-8-20(9-7-18)26(34)30-22(15-28(2,3)4)27(35)32-16-21(29)25-24(32)23(33)17-36-25/h6-9,19,21-22,24-25H,5,10-17,29H2,1-4H3,(H,30,34)/t21-,22?,24-,25-/m1/s1. The fourth-order valence-corrected chi connectivity index (χ4v) is 5.89. The number of benzene rings is 1. The van der Waals surface area contributed by atoms with E-state index < -0.39 is 24.2 Å². The maximum absolute atomic E-state index is 13.6. The van der Waals surface area contributed by atoms with Crippen molar-refractivity contribution in [3.63, 3.8) is 0 Å². The summed E-state index contributed by atoms with van der Waals surface area (Å²) >= 11 is 0. The maximum atomic E-state index is 13.6. The second-order valence-electron chi connectivity index (χ2n) is 11.9. The lowest BCUT2D eigenvalue weighted by molar-refractivity contribution is -0.138. The molecule has 3 aliphatic heterocycles. The van der Waals surface area contributed by atoms with Gasteiger partial charge in [0.2, 0.25) is 5.91 Å². The second-order valence-corrected chi connectivity index (χ2v) is 11.9. The van der Waals surface area contributed by atoms with Crippen LogP contribution in [0.25, 0.3) is 0 Å². The van der Waals surface area contributed by atoms with Crippen LogP contribution in [0.15, 0.2) is 24.3 Å². The van der Waals surface area contributed by atoms with Gasteiger partial charge in [-0.1, -0.05) is 39.8 Å². The molecular formula is C28H42N4O4. The van der Waals surface area contributed by atoms with Crippen LogP contribution in [-0.2, 0) is 14.3 Å². The van der Waals surface area contributed by atoms with Crippen LogP contribution < -0.4 is 11.1 Å². The van der Waals surface area contributed by atoms with E-state index in [1.807, 2.05) is 45.0 Å². The Morgan fingerprint density at radius 2 is 1.83 bits per heavy atom. The van der Waals surface area contributed by atoms with Crippen LogP contribution in [0.1, 0.15) is 75.2 Å². The highest BCUT2D eigenvalue weighted by Gasteiger charge is 2.52. The van der Waals surface area contributed by atoms with Crippen LogP contribution in [0.2, 0.25) is 0 Å². The highest BCUT2D eigenvalue weighted by Crippen LogP contribution is 2.30. The molecule has 1 aromatic rings. The van der Waals surface area contributed by atoms with Crippen molar-refractivity contribution >= 4 is 17.6 Å². The molecule has 0 aliphatic carbocycles. The summed E-state index contributed by atoms with van der Waals surface area (Å²) in [4.78, 5) is 43.3. The minimum absolute atomic E-state index is 0.0207. The van der Waals surface area contributed by atoms with Gasteiger partial charge in [0, 0.05) is 12.1 Å². The quantitative estimate of drug-likeness (QED) is 0.598. The molecule has 2 amide bonds. The number of amides is 2. The summed E-state index contributed by atoms with van der Waals surface area (Å²) in [7, 11) is 0. The molecule has 3 N–H and O–H groups in total. The number of nitrogens with one attached hydrogen (secondary N) is 1. The first-order chi connectivity index (χ1) is 17.1. The van der Waals surface area contributed by atoms with Crippen molar-refractivity contribution in [1.29, 1.82) is 0 Å². The molecular weight excluding hydrogens is 456 g/mol. The van der Waals surface area contributed by atoms with Crippen molar-refractivity contribution in [2.24, 2.45) is 11.1 Å². The van der Waals surface area contributed by atoms with E-state index in [-0.39, 0.29) is 36.2 Å². The maximum Gasteiger partial charge on any atom is 0.251 e. The smallest absolute Gasteiger partial charge is 0.251 e. The zero-order chi connectivity index (χ0) is 26.0. The van der Waals surface area contributed by atoms with Gasteiger partial charge in [0.25, 0.3) is 5.91 Å². The Kier molecular flexibility index (Phi) is 8.17.